The summed E-state index contributed by atoms with van der Waals surface area (Å²) in [5.41, 5.74) is 1.44. The molecule has 0 radical (unpaired) electrons. The van der Waals surface area contributed by atoms with Gasteiger partial charge in [0.05, 0.1) is 50.0 Å². The molecule has 4 heterocycles. The Balaban J connectivity index is 0.861. The number of halogens is 3. The number of nitrogens with one attached hydrogen (secondary N) is 2. The molecule has 296 valence electrons. The Bertz CT molecular complexity index is 1970. The average Bonchev–Trinajstić information content (AvgIpc) is 3.17. The number of H-pyrrole nitrogens is 1. The Hall–Kier alpha value is -4.61. The Labute approximate surface area is 317 Å². The monoisotopic (exact) mass is 767 g/mol. The van der Waals surface area contributed by atoms with Gasteiger partial charge in [0.15, 0.2) is 0 Å². The van der Waals surface area contributed by atoms with Crippen LogP contribution < -0.4 is 15.8 Å². The fraction of sp³-hybridized carbons (Fsp3) is 0.487. The van der Waals surface area contributed by atoms with Crippen LogP contribution in [0.3, 0.4) is 0 Å². The van der Waals surface area contributed by atoms with Gasteiger partial charge in [0.25, 0.3) is 0 Å². The standard InChI is InChI=1S/C39H48F3N7O6/c1-47(18-15-43-24-32(51)29-5-7-31(50)36-30(29)6-8-34(52)46-36)35(53)11-21-54-20-10-27-3-2-4-28(23-27)25-48-16-12-38(13-17-48)26-49(19-22-55-38)37-44-14-9-33(45-37)39(40,41)42/h2-9,14,23,32,43,50-51H,10-13,15-22,24-26H2,1H3,(H,46,52)/t32-/m0/s1. The van der Waals surface area contributed by atoms with Crippen LogP contribution in [0.1, 0.15) is 47.8 Å². The number of amides is 1. The third kappa shape index (κ3) is 10.6. The van der Waals surface area contributed by atoms with Gasteiger partial charge in [0, 0.05) is 70.5 Å². The molecular weight excluding hydrogens is 719 g/mol. The van der Waals surface area contributed by atoms with E-state index in [1.807, 2.05) is 6.07 Å². The number of aromatic amines is 1. The molecule has 55 heavy (non-hydrogen) atoms. The third-order valence-electron chi connectivity index (χ3n) is 10.3. The third-order valence-corrected chi connectivity index (χ3v) is 10.3. The maximum Gasteiger partial charge on any atom is 0.433 e. The zero-order valence-corrected chi connectivity index (χ0v) is 30.9. The average molecular weight is 768 g/mol. The van der Waals surface area contributed by atoms with Crippen molar-refractivity contribution in [2.45, 2.75) is 50.1 Å². The largest absolute Gasteiger partial charge is 0.506 e. The molecule has 2 saturated heterocycles. The number of phenols is 1. The molecule has 0 unspecified atom stereocenters. The maximum absolute atomic E-state index is 13.2. The van der Waals surface area contributed by atoms with Crippen molar-refractivity contribution in [1.29, 1.82) is 0 Å². The zero-order chi connectivity index (χ0) is 39.0. The number of hydrogen-bond acceptors (Lipinski definition) is 11. The molecule has 4 N–H and O–H groups in total. The van der Waals surface area contributed by atoms with Crippen molar-refractivity contribution in [1.82, 2.24) is 30.1 Å². The molecule has 1 atom stereocenters. The number of aromatic hydroxyl groups is 1. The van der Waals surface area contributed by atoms with E-state index in [0.29, 0.717) is 63.4 Å². The molecule has 2 aromatic heterocycles. The zero-order valence-electron chi connectivity index (χ0n) is 30.9. The first-order chi connectivity index (χ1) is 26.4. The number of rotatable bonds is 15. The number of likely N-dealkylation sites (tertiary alicyclic amines) is 1. The molecule has 1 spiro atoms. The van der Waals surface area contributed by atoms with E-state index in [1.165, 1.54) is 17.7 Å². The van der Waals surface area contributed by atoms with Crippen molar-refractivity contribution in [2.75, 3.05) is 77.6 Å². The summed E-state index contributed by atoms with van der Waals surface area (Å²) in [6.45, 7) is 5.60. The number of carbonyl (C=O) groups excluding carboxylic acids is 1. The maximum atomic E-state index is 13.2. The number of likely N-dealkylation sites (N-methyl/N-ethyl adjacent to an activating group) is 1. The second kappa shape index (κ2) is 17.9. The van der Waals surface area contributed by atoms with Crippen LogP contribution in [0.2, 0.25) is 0 Å². The van der Waals surface area contributed by atoms with E-state index >= 15 is 0 Å². The van der Waals surface area contributed by atoms with Crippen molar-refractivity contribution in [3.8, 4) is 5.75 Å². The van der Waals surface area contributed by atoms with Crippen molar-refractivity contribution in [3.05, 3.63) is 93.5 Å². The predicted molar refractivity (Wildman–Crippen MR) is 200 cm³/mol. The molecule has 2 fully saturated rings. The molecule has 2 aromatic carbocycles. The summed E-state index contributed by atoms with van der Waals surface area (Å²) in [4.78, 5) is 40.6. The quantitative estimate of drug-likeness (QED) is 0.131. The number of hydrogen-bond donors (Lipinski definition) is 4. The van der Waals surface area contributed by atoms with Crippen LogP contribution in [-0.4, -0.2) is 119 Å². The van der Waals surface area contributed by atoms with Crippen LogP contribution in [0.25, 0.3) is 10.9 Å². The summed E-state index contributed by atoms with van der Waals surface area (Å²) in [5.74, 6) is -0.0292. The molecule has 0 aliphatic carbocycles. The van der Waals surface area contributed by atoms with E-state index in [9.17, 15) is 33.0 Å². The summed E-state index contributed by atoms with van der Waals surface area (Å²) in [5, 5.41) is 24.5. The highest BCUT2D eigenvalue weighted by Crippen LogP contribution is 2.34. The van der Waals surface area contributed by atoms with Crippen molar-refractivity contribution in [2.24, 2.45) is 0 Å². The van der Waals surface area contributed by atoms with E-state index in [-0.39, 0.29) is 41.6 Å². The Morgan fingerprint density at radius 3 is 2.71 bits per heavy atom. The number of phenolic OH excluding ortho intramolecular Hbond substituents is 1. The second-order valence-electron chi connectivity index (χ2n) is 14.2. The number of morpholine rings is 1. The highest BCUT2D eigenvalue weighted by molar-refractivity contribution is 5.87. The normalized spacial score (nSPS) is 16.8. The predicted octanol–water partition coefficient (Wildman–Crippen LogP) is 3.64. The number of pyridine rings is 1. The summed E-state index contributed by atoms with van der Waals surface area (Å²) >= 11 is 0. The van der Waals surface area contributed by atoms with Crippen LogP contribution in [0.4, 0.5) is 19.1 Å². The number of aliphatic hydroxyl groups is 1. The van der Waals surface area contributed by atoms with Gasteiger partial charge in [-0.25, -0.2) is 9.97 Å². The van der Waals surface area contributed by atoms with Gasteiger partial charge >= 0.3 is 6.18 Å². The Kier molecular flexibility index (Phi) is 13.0. The summed E-state index contributed by atoms with van der Waals surface area (Å²) in [6.07, 6.45) is -1.77. The molecule has 2 aliphatic heterocycles. The van der Waals surface area contributed by atoms with E-state index in [4.69, 9.17) is 9.47 Å². The molecule has 4 aromatic rings. The first-order valence-corrected chi connectivity index (χ1v) is 18.5. The minimum absolute atomic E-state index is 0.0449. The topological polar surface area (TPSA) is 156 Å². The fourth-order valence-electron chi connectivity index (χ4n) is 7.15. The second-order valence-corrected chi connectivity index (χ2v) is 14.2. The van der Waals surface area contributed by atoms with Crippen molar-refractivity contribution in [3.63, 3.8) is 0 Å². The number of aliphatic hydroxyl groups excluding tert-OH is 1. The van der Waals surface area contributed by atoms with Gasteiger partial charge in [-0.2, -0.15) is 13.2 Å². The van der Waals surface area contributed by atoms with Crippen LogP contribution in [0, 0.1) is 0 Å². The van der Waals surface area contributed by atoms with E-state index in [2.05, 4.69) is 43.4 Å². The summed E-state index contributed by atoms with van der Waals surface area (Å²) in [6, 6.07) is 15.2. The highest BCUT2D eigenvalue weighted by Gasteiger charge is 2.41. The number of piperidine rings is 1. The molecule has 0 saturated carbocycles. The molecule has 16 heteroatoms. The smallest absolute Gasteiger partial charge is 0.433 e. The van der Waals surface area contributed by atoms with Crippen molar-refractivity contribution < 1.29 is 37.7 Å². The van der Waals surface area contributed by atoms with Crippen LogP contribution in [0.5, 0.6) is 5.75 Å². The van der Waals surface area contributed by atoms with Gasteiger partial charge in [-0.3, -0.25) is 14.5 Å². The van der Waals surface area contributed by atoms with Gasteiger partial charge < -0.3 is 39.8 Å². The molecule has 6 rings (SSSR count). The number of carbonyl (C=O) groups is 1. The van der Waals surface area contributed by atoms with Crippen LogP contribution >= 0.6 is 0 Å². The first kappa shape index (κ1) is 40.1. The van der Waals surface area contributed by atoms with Crippen LogP contribution in [0.15, 0.2) is 65.6 Å². The van der Waals surface area contributed by atoms with Crippen LogP contribution in [-0.2, 0) is 33.4 Å². The number of anilines is 1. The molecular formula is C39H48F3N7O6. The SMILES string of the molecule is CN(CCNC[C@H](O)c1ccc(O)c2[nH]c(=O)ccc12)C(=O)CCOCCc1cccc(CN2CCC3(CC2)CN(c2nccc(C(F)(F)F)n2)CCO3)c1. The number of benzene rings is 2. The number of alkyl halides is 3. The lowest BCUT2D eigenvalue weighted by Gasteiger charge is -2.47. The lowest BCUT2D eigenvalue weighted by molar-refractivity contribution is -0.141. The first-order valence-electron chi connectivity index (χ1n) is 18.5. The summed E-state index contributed by atoms with van der Waals surface area (Å²) in [7, 11) is 1.73. The van der Waals surface area contributed by atoms with Gasteiger partial charge in [-0.15, -0.1) is 0 Å². The minimum Gasteiger partial charge on any atom is -0.506 e. The lowest BCUT2D eigenvalue weighted by Crippen LogP contribution is -2.57. The number of nitrogens with zero attached hydrogens (tertiary/aromatic N) is 5. The summed E-state index contributed by atoms with van der Waals surface area (Å²) < 4.78 is 51.7. The van der Waals surface area contributed by atoms with Gasteiger partial charge in [-0.1, -0.05) is 30.3 Å². The Morgan fingerprint density at radius 1 is 1.11 bits per heavy atom. The van der Waals surface area contributed by atoms with E-state index in [1.54, 1.807) is 29.0 Å². The van der Waals surface area contributed by atoms with E-state index < -0.39 is 23.6 Å². The van der Waals surface area contributed by atoms with Crippen molar-refractivity contribution >= 4 is 22.8 Å². The molecule has 0 bridgehead atoms. The number of fused-ring (bicyclic) bond motifs is 1. The van der Waals surface area contributed by atoms with Gasteiger partial charge in [-0.05, 0) is 54.2 Å². The van der Waals surface area contributed by atoms with E-state index in [0.717, 1.165) is 50.3 Å². The highest BCUT2D eigenvalue weighted by atomic mass is 19.4. The fourth-order valence-corrected chi connectivity index (χ4v) is 7.15. The molecule has 1 amide bonds. The number of ether oxygens (including phenoxy) is 2. The van der Waals surface area contributed by atoms with Gasteiger partial charge in [0.2, 0.25) is 17.4 Å². The molecule has 13 nitrogen and oxygen atoms in total. The number of aromatic nitrogens is 3. The van der Waals surface area contributed by atoms with Gasteiger partial charge in [0.1, 0.15) is 11.4 Å². The minimum atomic E-state index is -4.52. The molecule has 2 aliphatic rings. The Morgan fingerprint density at radius 2 is 1.91 bits per heavy atom. The lowest BCUT2D eigenvalue weighted by atomic mass is 9.89.